The van der Waals surface area contributed by atoms with Gasteiger partial charge in [0, 0.05) is 13.0 Å². The van der Waals surface area contributed by atoms with E-state index in [2.05, 4.69) is 5.32 Å². The molecule has 3 rings (SSSR count). The monoisotopic (exact) mass is 288 g/mol. The highest BCUT2D eigenvalue weighted by Gasteiger charge is 2.37. The zero-order valence-electron chi connectivity index (χ0n) is 12.0. The summed E-state index contributed by atoms with van der Waals surface area (Å²) in [5.41, 5.74) is 1.05. The third-order valence-electron chi connectivity index (χ3n) is 4.09. The first-order valence-corrected chi connectivity index (χ1v) is 7.45. The molecule has 2 aliphatic rings. The number of rotatable bonds is 3. The maximum atomic E-state index is 12.6. The predicted molar refractivity (Wildman–Crippen MR) is 77.6 cm³/mol. The van der Waals surface area contributed by atoms with E-state index < -0.39 is 6.04 Å². The molecule has 2 heterocycles. The van der Waals surface area contributed by atoms with Crippen molar-refractivity contribution in [2.75, 3.05) is 19.8 Å². The zero-order chi connectivity index (χ0) is 14.7. The van der Waals surface area contributed by atoms with Crippen molar-refractivity contribution >= 4 is 11.8 Å². The second kappa shape index (κ2) is 6.26. The number of hydrogen-bond donors (Lipinski definition) is 1. The highest BCUT2D eigenvalue weighted by molar-refractivity contribution is 5.95. The van der Waals surface area contributed by atoms with Gasteiger partial charge in [0.25, 0.3) is 0 Å². The van der Waals surface area contributed by atoms with E-state index in [0.29, 0.717) is 13.0 Å². The Morgan fingerprint density at radius 3 is 2.76 bits per heavy atom. The Hall–Kier alpha value is -1.88. The first-order valence-electron chi connectivity index (χ1n) is 7.45. The first kappa shape index (κ1) is 14.1. The number of carbonyl (C=O) groups is 2. The van der Waals surface area contributed by atoms with Gasteiger partial charge in [0.2, 0.25) is 11.8 Å². The molecule has 0 aromatic heterocycles. The van der Waals surface area contributed by atoms with Crippen LogP contribution in [-0.4, -0.2) is 48.6 Å². The summed E-state index contributed by atoms with van der Waals surface area (Å²) < 4.78 is 5.45. The van der Waals surface area contributed by atoms with E-state index >= 15 is 0 Å². The van der Waals surface area contributed by atoms with Crippen LogP contribution in [0.25, 0.3) is 0 Å². The minimum atomic E-state index is -0.462. The molecule has 0 radical (unpaired) electrons. The largest absolute Gasteiger partial charge is 0.379 e. The Morgan fingerprint density at radius 1 is 1.24 bits per heavy atom. The minimum absolute atomic E-state index is 0.00829. The van der Waals surface area contributed by atoms with E-state index in [9.17, 15) is 9.59 Å². The van der Waals surface area contributed by atoms with Crippen LogP contribution in [0, 0.1) is 0 Å². The Morgan fingerprint density at radius 2 is 2.05 bits per heavy atom. The van der Waals surface area contributed by atoms with Crippen molar-refractivity contribution in [1.82, 2.24) is 10.2 Å². The van der Waals surface area contributed by atoms with Gasteiger partial charge in [-0.3, -0.25) is 9.59 Å². The van der Waals surface area contributed by atoms with Gasteiger partial charge < -0.3 is 15.0 Å². The minimum Gasteiger partial charge on any atom is -0.379 e. The van der Waals surface area contributed by atoms with Gasteiger partial charge in [-0.1, -0.05) is 30.3 Å². The van der Waals surface area contributed by atoms with Gasteiger partial charge in [0.05, 0.1) is 19.2 Å². The molecule has 112 valence electrons. The van der Waals surface area contributed by atoms with Crippen molar-refractivity contribution in [3.8, 4) is 0 Å². The average Bonchev–Trinajstić information content (AvgIpc) is 2.52. The smallest absolute Gasteiger partial charge is 0.246 e. The Kier molecular flexibility index (Phi) is 4.20. The topological polar surface area (TPSA) is 58.6 Å². The zero-order valence-corrected chi connectivity index (χ0v) is 12.0. The van der Waals surface area contributed by atoms with Crippen LogP contribution in [0.15, 0.2) is 30.3 Å². The van der Waals surface area contributed by atoms with Gasteiger partial charge in [-0.15, -0.1) is 0 Å². The van der Waals surface area contributed by atoms with Gasteiger partial charge >= 0.3 is 0 Å². The van der Waals surface area contributed by atoms with E-state index in [1.807, 2.05) is 30.3 Å². The number of ether oxygens (including phenoxy) is 1. The fourth-order valence-electron chi connectivity index (χ4n) is 3.00. The molecule has 0 bridgehead atoms. The SMILES string of the molecule is O=C1CN(C2CCCOC2)C(=O)C(Cc2ccccc2)N1. The van der Waals surface area contributed by atoms with E-state index in [0.717, 1.165) is 25.0 Å². The number of nitrogens with zero attached hydrogens (tertiary/aromatic N) is 1. The van der Waals surface area contributed by atoms with E-state index in [4.69, 9.17) is 4.74 Å². The van der Waals surface area contributed by atoms with E-state index in [1.165, 1.54) is 0 Å². The Balaban J connectivity index is 1.72. The van der Waals surface area contributed by atoms with Crippen LogP contribution >= 0.6 is 0 Å². The summed E-state index contributed by atoms with van der Waals surface area (Å²) in [5, 5.41) is 2.81. The number of hydrogen-bond acceptors (Lipinski definition) is 3. The van der Waals surface area contributed by atoms with Crippen molar-refractivity contribution < 1.29 is 14.3 Å². The predicted octanol–water partition coefficient (Wildman–Crippen LogP) is 0.735. The molecule has 21 heavy (non-hydrogen) atoms. The molecule has 0 aliphatic carbocycles. The third kappa shape index (κ3) is 3.24. The highest BCUT2D eigenvalue weighted by Crippen LogP contribution is 2.18. The quantitative estimate of drug-likeness (QED) is 0.892. The number of benzene rings is 1. The fraction of sp³-hybridized carbons (Fsp3) is 0.500. The van der Waals surface area contributed by atoms with Crippen LogP contribution in [0.1, 0.15) is 18.4 Å². The second-order valence-corrected chi connectivity index (χ2v) is 5.65. The van der Waals surface area contributed by atoms with Gasteiger partial charge in [-0.25, -0.2) is 0 Å². The first-order chi connectivity index (χ1) is 10.2. The fourth-order valence-corrected chi connectivity index (χ4v) is 3.00. The van der Waals surface area contributed by atoms with E-state index in [-0.39, 0.29) is 24.4 Å². The molecule has 2 saturated heterocycles. The summed E-state index contributed by atoms with van der Waals surface area (Å²) in [6, 6.07) is 9.35. The lowest BCUT2D eigenvalue weighted by Gasteiger charge is -2.39. The second-order valence-electron chi connectivity index (χ2n) is 5.65. The highest BCUT2D eigenvalue weighted by atomic mass is 16.5. The van der Waals surface area contributed by atoms with Gasteiger partial charge in [0.1, 0.15) is 6.04 Å². The molecular weight excluding hydrogens is 268 g/mol. The molecule has 1 N–H and O–H groups in total. The summed E-state index contributed by atoms with van der Waals surface area (Å²) >= 11 is 0. The van der Waals surface area contributed by atoms with Crippen molar-refractivity contribution in [1.29, 1.82) is 0 Å². The third-order valence-corrected chi connectivity index (χ3v) is 4.09. The average molecular weight is 288 g/mol. The molecule has 0 spiro atoms. The molecular formula is C16H20N2O3. The number of carbonyl (C=O) groups excluding carboxylic acids is 2. The number of piperazine rings is 1. The van der Waals surface area contributed by atoms with Crippen molar-refractivity contribution in [2.24, 2.45) is 0 Å². The lowest BCUT2D eigenvalue weighted by atomic mass is 10.0. The molecule has 1 aromatic carbocycles. The molecule has 2 amide bonds. The molecule has 2 aliphatic heterocycles. The standard InChI is InChI=1S/C16H20N2O3/c19-15-10-18(13-7-4-8-21-11-13)16(20)14(17-15)9-12-5-2-1-3-6-12/h1-3,5-6,13-14H,4,7-11H2,(H,17,19). The molecule has 5 heteroatoms. The summed E-state index contributed by atoms with van der Waals surface area (Å²) in [5.74, 6) is -0.0740. The molecule has 1 aromatic rings. The molecule has 2 fully saturated rings. The Labute approximate surface area is 124 Å². The Bertz CT molecular complexity index is 512. The van der Waals surface area contributed by atoms with Crippen LogP contribution in [0.4, 0.5) is 0 Å². The normalized spacial score (nSPS) is 26.6. The lowest BCUT2D eigenvalue weighted by Crippen LogP contribution is -2.62. The lowest BCUT2D eigenvalue weighted by molar-refractivity contribution is -0.149. The maximum absolute atomic E-state index is 12.6. The summed E-state index contributed by atoms with van der Waals surface area (Å²) in [7, 11) is 0. The summed E-state index contributed by atoms with van der Waals surface area (Å²) in [6.45, 7) is 1.44. The molecule has 2 unspecified atom stereocenters. The maximum Gasteiger partial charge on any atom is 0.246 e. The molecule has 0 saturated carbocycles. The van der Waals surface area contributed by atoms with Crippen LogP contribution in [0.2, 0.25) is 0 Å². The molecule has 2 atom stereocenters. The van der Waals surface area contributed by atoms with Crippen LogP contribution < -0.4 is 5.32 Å². The van der Waals surface area contributed by atoms with Crippen LogP contribution in [0.3, 0.4) is 0 Å². The van der Waals surface area contributed by atoms with Crippen molar-refractivity contribution in [3.63, 3.8) is 0 Å². The van der Waals surface area contributed by atoms with E-state index in [1.54, 1.807) is 4.90 Å². The molecule has 5 nitrogen and oxygen atoms in total. The van der Waals surface area contributed by atoms with Crippen molar-refractivity contribution in [3.05, 3.63) is 35.9 Å². The summed E-state index contributed by atoms with van der Waals surface area (Å²) in [4.78, 5) is 26.2. The van der Waals surface area contributed by atoms with Gasteiger partial charge in [-0.05, 0) is 18.4 Å². The number of nitrogens with one attached hydrogen (secondary N) is 1. The summed E-state index contributed by atoms with van der Waals surface area (Å²) in [6.07, 6.45) is 2.39. The van der Waals surface area contributed by atoms with Gasteiger partial charge in [0.15, 0.2) is 0 Å². The van der Waals surface area contributed by atoms with Gasteiger partial charge in [-0.2, -0.15) is 0 Å². The van der Waals surface area contributed by atoms with Crippen LogP contribution in [0.5, 0.6) is 0 Å². The van der Waals surface area contributed by atoms with Crippen molar-refractivity contribution in [2.45, 2.75) is 31.3 Å². The number of amides is 2. The van der Waals surface area contributed by atoms with Crippen LogP contribution in [-0.2, 0) is 20.7 Å².